The van der Waals surface area contributed by atoms with E-state index in [0.29, 0.717) is 5.92 Å². The molecule has 0 aliphatic carbocycles. The number of aromatic nitrogens is 1. The predicted molar refractivity (Wildman–Crippen MR) is 116 cm³/mol. The summed E-state index contributed by atoms with van der Waals surface area (Å²) < 4.78 is 10.4. The Hall–Kier alpha value is -1.77. The van der Waals surface area contributed by atoms with Crippen LogP contribution in [0.5, 0.6) is 5.75 Å². The zero-order chi connectivity index (χ0) is 18.2. The second-order valence-corrected chi connectivity index (χ2v) is 6.12. The van der Waals surface area contributed by atoms with E-state index in [1.54, 1.807) is 14.2 Å². The summed E-state index contributed by atoms with van der Waals surface area (Å²) in [5.74, 6) is 2.86. The van der Waals surface area contributed by atoms with Crippen LogP contribution in [-0.4, -0.2) is 38.4 Å². The number of hydrogen-bond donors (Lipinski definition) is 2. The fourth-order valence-electron chi connectivity index (χ4n) is 2.88. The molecular weight excluding hydrogens is 443 g/mol. The first-order valence-electron chi connectivity index (χ1n) is 8.55. The van der Waals surface area contributed by atoms with Crippen molar-refractivity contribution in [1.29, 1.82) is 0 Å². The molecule has 144 valence electrons. The van der Waals surface area contributed by atoms with E-state index in [4.69, 9.17) is 9.26 Å². The molecule has 1 heterocycles. The molecular formula is C19H29IN4O2. The Morgan fingerprint density at radius 2 is 1.92 bits per heavy atom. The highest BCUT2D eigenvalue weighted by molar-refractivity contribution is 14.0. The maximum absolute atomic E-state index is 5.25. The zero-order valence-electron chi connectivity index (χ0n) is 16.1. The van der Waals surface area contributed by atoms with Crippen LogP contribution in [0.1, 0.15) is 35.4 Å². The maximum Gasteiger partial charge on any atom is 0.191 e. The quantitative estimate of drug-likeness (QED) is 0.367. The summed E-state index contributed by atoms with van der Waals surface area (Å²) >= 11 is 0. The SMILES string of the molecule is CN=C(NCCc1ccc(OC)cc1)NCC(C)c1c(C)noc1C.I. The number of ether oxygens (including phenoxy) is 1. The zero-order valence-corrected chi connectivity index (χ0v) is 18.5. The smallest absolute Gasteiger partial charge is 0.191 e. The van der Waals surface area contributed by atoms with Gasteiger partial charge in [-0.05, 0) is 38.0 Å². The molecule has 0 saturated heterocycles. The van der Waals surface area contributed by atoms with Gasteiger partial charge in [0.05, 0.1) is 12.8 Å². The number of guanidine groups is 1. The van der Waals surface area contributed by atoms with E-state index in [1.165, 1.54) is 11.1 Å². The van der Waals surface area contributed by atoms with Crippen molar-refractivity contribution in [3.8, 4) is 5.75 Å². The lowest BCUT2D eigenvalue weighted by Gasteiger charge is -2.16. The van der Waals surface area contributed by atoms with E-state index in [0.717, 1.165) is 42.7 Å². The molecule has 0 aliphatic rings. The number of methoxy groups -OCH3 is 1. The van der Waals surface area contributed by atoms with Gasteiger partial charge >= 0.3 is 0 Å². The number of benzene rings is 1. The third-order valence-electron chi connectivity index (χ3n) is 4.25. The Balaban J connectivity index is 0.00000338. The molecule has 0 fully saturated rings. The molecule has 26 heavy (non-hydrogen) atoms. The van der Waals surface area contributed by atoms with Crippen LogP contribution >= 0.6 is 24.0 Å². The third-order valence-corrected chi connectivity index (χ3v) is 4.25. The molecule has 0 spiro atoms. The summed E-state index contributed by atoms with van der Waals surface area (Å²) in [6.07, 6.45) is 0.921. The van der Waals surface area contributed by atoms with Crippen molar-refractivity contribution in [2.45, 2.75) is 33.1 Å². The summed E-state index contributed by atoms with van der Waals surface area (Å²) in [6.45, 7) is 7.67. The van der Waals surface area contributed by atoms with E-state index in [-0.39, 0.29) is 24.0 Å². The van der Waals surface area contributed by atoms with Crippen molar-refractivity contribution in [2.75, 3.05) is 27.2 Å². The Kier molecular flexibility index (Phi) is 9.47. The van der Waals surface area contributed by atoms with Gasteiger partial charge in [-0.25, -0.2) is 0 Å². The van der Waals surface area contributed by atoms with Crippen molar-refractivity contribution in [2.24, 2.45) is 4.99 Å². The van der Waals surface area contributed by atoms with Gasteiger partial charge in [-0.3, -0.25) is 4.99 Å². The van der Waals surface area contributed by atoms with Crippen molar-refractivity contribution >= 4 is 29.9 Å². The second-order valence-electron chi connectivity index (χ2n) is 6.12. The van der Waals surface area contributed by atoms with E-state index in [9.17, 15) is 0 Å². The first-order valence-corrected chi connectivity index (χ1v) is 8.55. The molecule has 1 aromatic carbocycles. The van der Waals surface area contributed by atoms with Gasteiger partial charge in [-0.1, -0.05) is 24.2 Å². The molecule has 0 bridgehead atoms. The highest BCUT2D eigenvalue weighted by Crippen LogP contribution is 2.22. The summed E-state index contributed by atoms with van der Waals surface area (Å²) in [5, 5.41) is 10.7. The number of aryl methyl sites for hydroxylation is 2. The number of rotatable bonds is 7. The molecule has 0 saturated carbocycles. The summed E-state index contributed by atoms with van der Waals surface area (Å²) in [5.41, 5.74) is 3.38. The number of nitrogens with one attached hydrogen (secondary N) is 2. The third kappa shape index (κ3) is 6.19. The Morgan fingerprint density at radius 3 is 2.46 bits per heavy atom. The molecule has 1 unspecified atom stereocenters. The lowest BCUT2D eigenvalue weighted by molar-refractivity contribution is 0.391. The lowest BCUT2D eigenvalue weighted by atomic mass is 10.00. The van der Waals surface area contributed by atoms with E-state index >= 15 is 0 Å². The minimum Gasteiger partial charge on any atom is -0.497 e. The average Bonchev–Trinajstić information content (AvgIpc) is 2.96. The van der Waals surface area contributed by atoms with Crippen LogP contribution in [-0.2, 0) is 6.42 Å². The normalized spacial score (nSPS) is 12.3. The van der Waals surface area contributed by atoms with Gasteiger partial charge in [0.25, 0.3) is 0 Å². The Bertz CT molecular complexity index is 679. The molecule has 0 amide bonds. The molecule has 6 nitrogen and oxygen atoms in total. The summed E-state index contributed by atoms with van der Waals surface area (Å²) in [4.78, 5) is 4.28. The van der Waals surface area contributed by atoms with Gasteiger partial charge in [0.15, 0.2) is 5.96 Å². The molecule has 2 N–H and O–H groups in total. The molecule has 0 aliphatic heterocycles. The molecule has 2 aromatic rings. The summed E-state index contributed by atoms with van der Waals surface area (Å²) in [7, 11) is 3.46. The molecule has 1 aromatic heterocycles. The number of aliphatic imine (C=N–C) groups is 1. The average molecular weight is 472 g/mol. The highest BCUT2D eigenvalue weighted by atomic mass is 127. The lowest BCUT2D eigenvalue weighted by Crippen LogP contribution is -2.40. The largest absolute Gasteiger partial charge is 0.497 e. The van der Waals surface area contributed by atoms with Gasteiger partial charge in [-0.15, -0.1) is 24.0 Å². The first-order chi connectivity index (χ1) is 12.0. The van der Waals surface area contributed by atoms with Crippen molar-refractivity contribution < 1.29 is 9.26 Å². The fourth-order valence-corrected chi connectivity index (χ4v) is 2.88. The molecule has 2 rings (SSSR count). The molecule has 7 heteroatoms. The Morgan fingerprint density at radius 1 is 1.23 bits per heavy atom. The standard InChI is InChI=1S/C19H28N4O2.HI/c1-13(18-14(2)23-25-15(18)3)12-22-19(20-4)21-11-10-16-6-8-17(24-5)9-7-16;/h6-9,13H,10-12H2,1-5H3,(H2,20,21,22);1H. The van der Waals surface area contributed by atoms with E-state index in [2.05, 4.69) is 39.8 Å². The Labute approximate surface area is 172 Å². The van der Waals surface area contributed by atoms with Crippen molar-refractivity contribution in [3.05, 3.63) is 46.8 Å². The first kappa shape index (κ1) is 22.3. The second kappa shape index (κ2) is 11.1. The van der Waals surface area contributed by atoms with Crippen molar-refractivity contribution in [3.63, 3.8) is 0 Å². The number of halogens is 1. The molecule has 0 radical (unpaired) electrons. The number of nitrogens with zero attached hydrogens (tertiary/aromatic N) is 2. The van der Waals surface area contributed by atoms with Crippen molar-refractivity contribution in [1.82, 2.24) is 15.8 Å². The van der Waals surface area contributed by atoms with Gasteiger partial charge < -0.3 is 19.9 Å². The molecule has 1 atom stereocenters. The van der Waals surface area contributed by atoms with Gasteiger partial charge in [0.1, 0.15) is 11.5 Å². The monoisotopic (exact) mass is 472 g/mol. The van der Waals surface area contributed by atoms with Crippen LogP contribution in [0.15, 0.2) is 33.8 Å². The summed E-state index contributed by atoms with van der Waals surface area (Å²) in [6, 6.07) is 8.12. The van der Waals surface area contributed by atoms with Crippen LogP contribution in [0.2, 0.25) is 0 Å². The van der Waals surface area contributed by atoms with Gasteiger partial charge in [0, 0.05) is 31.6 Å². The van der Waals surface area contributed by atoms with Crippen LogP contribution < -0.4 is 15.4 Å². The van der Waals surface area contributed by atoms with Crippen LogP contribution in [0, 0.1) is 13.8 Å². The minimum absolute atomic E-state index is 0. The number of hydrogen-bond acceptors (Lipinski definition) is 4. The minimum atomic E-state index is 0. The maximum atomic E-state index is 5.25. The van der Waals surface area contributed by atoms with Gasteiger partial charge in [-0.2, -0.15) is 0 Å². The highest BCUT2D eigenvalue weighted by Gasteiger charge is 2.16. The van der Waals surface area contributed by atoms with Crippen LogP contribution in [0.25, 0.3) is 0 Å². The topological polar surface area (TPSA) is 71.7 Å². The van der Waals surface area contributed by atoms with Crippen LogP contribution in [0.3, 0.4) is 0 Å². The van der Waals surface area contributed by atoms with Crippen LogP contribution in [0.4, 0.5) is 0 Å². The fraction of sp³-hybridized carbons (Fsp3) is 0.474. The van der Waals surface area contributed by atoms with Gasteiger partial charge in [0.2, 0.25) is 0 Å². The van der Waals surface area contributed by atoms with E-state index < -0.39 is 0 Å². The predicted octanol–water partition coefficient (Wildman–Crippen LogP) is 3.43. The van der Waals surface area contributed by atoms with E-state index in [1.807, 2.05) is 26.0 Å².